The molecule has 1 aromatic rings. The predicted octanol–water partition coefficient (Wildman–Crippen LogP) is 2.95. The van der Waals surface area contributed by atoms with Crippen LogP contribution in [0.25, 0.3) is 0 Å². The van der Waals surface area contributed by atoms with E-state index in [1.165, 1.54) is 10.5 Å². The van der Waals surface area contributed by atoms with Crippen molar-refractivity contribution < 1.29 is 4.90 Å². The van der Waals surface area contributed by atoms with E-state index >= 15 is 0 Å². The van der Waals surface area contributed by atoms with Gasteiger partial charge in [0.15, 0.2) is 5.41 Å². The molecule has 29 heavy (non-hydrogen) atoms. The van der Waals surface area contributed by atoms with Gasteiger partial charge in [0.25, 0.3) is 0 Å². The van der Waals surface area contributed by atoms with E-state index in [0.717, 1.165) is 24.2 Å². The Morgan fingerprint density at radius 1 is 1.07 bits per heavy atom. The van der Waals surface area contributed by atoms with Crippen molar-refractivity contribution in [3.8, 4) is 18.2 Å². The number of quaternary nitrogens is 1. The van der Waals surface area contributed by atoms with Gasteiger partial charge in [-0.2, -0.15) is 15.8 Å². The van der Waals surface area contributed by atoms with Gasteiger partial charge in [0.1, 0.15) is 5.92 Å². The number of nitrogens with one attached hydrogen (secondary N) is 2. The first kappa shape index (κ1) is 20.8. The van der Waals surface area contributed by atoms with E-state index in [4.69, 9.17) is 5.41 Å². The number of fused-ring (bicyclic) bond motifs is 1. The third kappa shape index (κ3) is 3.25. The van der Waals surface area contributed by atoms with Crippen LogP contribution in [0.1, 0.15) is 50.7 Å². The van der Waals surface area contributed by atoms with Gasteiger partial charge in [0.05, 0.1) is 43.1 Å². The van der Waals surface area contributed by atoms with E-state index in [9.17, 15) is 15.8 Å². The van der Waals surface area contributed by atoms with Crippen LogP contribution < -0.4 is 4.90 Å². The highest BCUT2D eigenvalue weighted by Crippen LogP contribution is 2.52. The molecule has 0 spiro atoms. The van der Waals surface area contributed by atoms with Crippen LogP contribution in [0.4, 0.5) is 0 Å². The molecule has 1 saturated carbocycles. The molecule has 0 amide bonds. The third-order valence-corrected chi connectivity index (χ3v) is 6.69. The van der Waals surface area contributed by atoms with Crippen molar-refractivity contribution in [2.24, 2.45) is 17.3 Å². The maximum atomic E-state index is 10.1. The normalized spacial score (nSPS) is 28.1. The topological polar surface area (TPSA) is 99.7 Å². The zero-order valence-electron chi connectivity index (χ0n) is 17.5. The Balaban J connectivity index is 2.20. The van der Waals surface area contributed by atoms with Gasteiger partial charge in [-0.3, -0.25) is 0 Å². The van der Waals surface area contributed by atoms with E-state index in [1.807, 2.05) is 12.1 Å². The maximum absolute atomic E-state index is 10.1. The van der Waals surface area contributed by atoms with Gasteiger partial charge in [-0.25, -0.2) is 0 Å². The van der Waals surface area contributed by atoms with Crippen LogP contribution in [0.5, 0.6) is 0 Å². The van der Waals surface area contributed by atoms with Crippen molar-refractivity contribution >= 4 is 5.71 Å². The molecule has 5 heteroatoms. The molecular formula is C24H28N5+. The Morgan fingerprint density at radius 3 is 2.17 bits per heavy atom. The predicted molar refractivity (Wildman–Crippen MR) is 111 cm³/mol. The Kier molecular flexibility index (Phi) is 5.61. The van der Waals surface area contributed by atoms with E-state index in [2.05, 4.69) is 64.1 Å². The van der Waals surface area contributed by atoms with Crippen molar-refractivity contribution in [3.05, 3.63) is 47.0 Å². The summed E-state index contributed by atoms with van der Waals surface area (Å²) in [6.45, 7) is 10.1. The summed E-state index contributed by atoms with van der Waals surface area (Å²) in [7, 11) is 0. The first-order valence-electron chi connectivity index (χ1n) is 10.3. The molecule has 3 rings (SSSR count). The van der Waals surface area contributed by atoms with Crippen LogP contribution >= 0.6 is 0 Å². The average molecular weight is 387 g/mol. The highest BCUT2D eigenvalue weighted by atomic mass is 15.2. The monoisotopic (exact) mass is 386 g/mol. The molecule has 1 unspecified atom stereocenters. The van der Waals surface area contributed by atoms with Gasteiger partial charge in [-0.1, -0.05) is 38.1 Å². The Labute approximate surface area is 173 Å². The molecule has 1 fully saturated rings. The van der Waals surface area contributed by atoms with E-state index in [-0.39, 0.29) is 11.6 Å². The Morgan fingerprint density at radius 2 is 1.69 bits per heavy atom. The molecule has 0 bridgehead atoms. The van der Waals surface area contributed by atoms with E-state index < -0.39 is 17.3 Å². The first-order chi connectivity index (χ1) is 13.8. The van der Waals surface area contributed by atoms with Crippen LogP contribution in [0.3, 0.4) is 0 Å². The number of nitrogens with zero attached hydrogens (tertiary/aromatic N) is 3. The minimum atomic E-state index is -1.62. The molecule has 0 radical (unpaired) electrons. The molecule has 0 aromatic heterocycles. The van der Waals surface area contributed by atoms with Gasteiger partial charge in [-0.15, -0.1) is 0 Å². The van der Waals surface area contributed by atoms with E-state index in [1.54, 1.807) is 0 Å². The van der Waals surface area contributed by atoms with Gasteiger partial charge in [0, 0.05) is 11.8 Å². The highest BCUT2D eigenvalue weighted by molar-refractivity contribution is 6.00. The lowest BCUT2D eigenvalue weighted by molar-refractivity contribution is -0.920. The average Bonchev–Trinajstić information content (AvgIpc) is 2.72. The van der Waals surface area contributed by atoms with Crippen molar-refractivity contribution in [3.63, 3.8) is 0 Å². The zero-order valence-corrected chi connectivity index (χ0v) is 17.5. The highest BCUT2D eigenvalue weighted by Gasteiger charge is 2.58. The summed E-state index contributed by atoms with van der Waals surface area (Å²) in [4.78, 5) is 1.37. The number of hydrogen-bond donors (Lipinski definition) is 2. The summed E-state index contributed by atoms with van der Waals surface area (Å²) < 4.78 is 0. The van der Waals surface area contributed by atoms with Gasteiger partial charge in [-0.05, 0) is 42.5 Å². The molecule has 1 heterocycles. The van der Waals surface area contributed by atoms with Crippen molar-refractivity contribution in [2.45, 2.75) is 45.6 Å². The van der Waals surface area contributed by atoms with Crippen molar-refractivity contribution in [1.29, 1.82) is 21.2 Å². The summed E-state index contributed by atoms with van der Waals surface area (Å²) in [5.41, 5.74) is 1.32. The van der Waals surface area contributed by atoms with Crippen LogP contribution in [0.2, 0.25) is 0 Å². The summed E-state index contributed by atoms with van der Waals surface area (Å²) in [5.74, 6) is -0.959. The second-order valence-electron chi connectivity index (χ2n) is 8.84. The summed E-state index contributed by atoms with van der Waals surface area (Å²) in [6.07, 6.45) is 2.08. The largest absolute Gasteiger partial charge is 0.329 e. The van der Waals surface area contributed by atoms with Crippen molar-refractivity contribution in [1.82, 2.24) is 0 Å². The Bertz CT molecular complexity index is 935. The molecule has 2 N–H and O–H groups in total. The van der Waals surface area contributed by atoms with Gasteiger partial charge in [0.2, 0.25) is 0 Å². The molecule has 2 aliphatic rings. The zero-order chi connectivity index (χ0) is 21.3. The minimum Gasteiger partial charge on any atom is -0.329 e. The molecule has 1 aromatic carbocycles. The van der Waals surface area contributed by atoms with Crippen LogP contribution in [-0.2, 0) is 0 Å². The second kappa shape index (κ2) is 7.82. The number of rotatable bonds is 3. The van der Waals surface area contributed by atoms with Gasteiger partial charge >= 0.3 is 0 Å². The molecule has 0 saturated heterocycles. The summed E-state index contributed by atoms with van der Waals surface area (Å²) in [5, 5.41) is 38.7. The Hall–Kier alpha value is -2.94. The fourth-order valence-corrected chi connectivity index (χ4v) is 4.86. The summed E-state index contributed by atoms with van der Waals surface area (Å²) >= 11 is 0. The SMILES string of the molecule is CC(C)c1ccc([C@@H]2[C@H]3C[NH+](C(C)C)CC=C3[C@H](C#N)C(=N)C2(C#N)C#N)cc1. The third-order valence-electron chi connectivity index (χ3n) is 6.69. The molecule has 4 atom stereocenters. The minimum absolute atomic E-state index is 0.0709. The number of hydrogen-bond acceptors (Lipinski definition) is 4. The number of nitriles is 3. The molecule has 5 nitrogen and oxygen atoms in total. The van der Waals surface area contributed by atoms with Gasteiger partial charge < -0.3 is 10.3 Å². The molecular weight excluding hydrogens is 358 g/mol. The lowest BCUT2D eigenvalue weighted by Crippen LogP contribution is -3.16. The smallest absolute Gasteiger partial charge is 0.189 e. The summed E-state index contributed by atoms with van der Waals surface area (Å²) in [6, 6.07) is 15.1. The fourth-order valence-electron chi connectivity index (χ4n) is 4.86. The van der Waals surface area contributed by atoms with Crippen LogP contribution in [0.15, 0.2) is 35.9 Å². The van der Waals surface area contributed by atoms with Crippen molar-refractivity contribution in [2.75, 3.05) is 13.1 Å². The lowest BCUT2D eigenvalue weighted by Gasteiger charge is -2.47. The second-order valence-corrected chi connectivity index (χ2v) is 8.84. The molecule has 1 aliphatic carbocycles. The molecule has 1 aliphatic heterocycles. The lowest BCUT2D eigenvalue weighted by atomic mass is 9.54. The van der Waals surface area contributed by atoms with Crippen LogP contribution in [0, 0.1) is 56.7 Å². The standard InChI is InChI=1S/C24H27N5/c1-15(2)17-5-7-18(8-6-17)22-21-12-29(16(3)4)10-9-19(21)20(11-25)23(28)24(22,13-26)14-27/h5-9,15-16,20-22,28H,10,12H2,1-4H3/p+1/t20-,21-,22+/m0/s1. The molecule has 148 valence electrons. The van der Waals surface area contributed by atoms with Crippen LogP contribution in [-0.4, -0.2) is 24.8 Å². The maximum Gasteiger partial charge on any atom is 0.189 e. The fraction of sp³-hybridized carbons (Fsp3) is 0.500. The quantitative estimate of drug-likeness (QED) is 0.781. The number of benzene rings is 1. The van der Waals surface area contributed by atoms with E-state index in [0.29, 0.717) is 12.0 Å². The first-order valence-corrected chi connectivity index (χ1v) is 10.3.